The van der Waals surface area contributed by atoms with Crippen LogP contribution in [0.3, 0.4) is 0 Å². The number of ether oxygens (including phenoxy) is 1. The Kier molecular flexibility index (Phi) is 8.84. The van der Waals surface area contributed by atoms with E-state index in [-0.39, 0.29) is 23.4 Å². The smallest absolute Gasteiger partial charge is 0.416 e. The first-order valence-corrected chi connectivity index (χ1v) is 14.4. The molecule has 1 fully saturated rings. The lowest BCUT2D eigenvalue weighted by Gasteiger charge is -2.36. The summed E-state index contributed by atoms with van der Waals surface area (Å²) in [4.78, 5) is 33.1. The fourth-order valence-corrected chi connectivity index (χ4v) is 4.86. The predicted molar refractivity (Wildman–Crippen MR) is 163 cm³/mol. The van der Waals surface area contributed by atoms with Gasteiger partial charge >= 0.3 is 12.3 Å². The Balaban J connectivity index is 1.28. The summed E-state index contributed by atoms with van der Waals surface area (Å²) >= 11 is 0. The fraction of sp³-hybridized carbons (Fsp3) is 0.333. The normalized spacial score (nSPS) is 14.2. The van der Waals surface area contributed by atoms with Gasteiger partial charge in [-0.1, -0.05) is 18.1 Å². The zero-order valence-electron chi connectivity index (χ0n) is 25.4. The average Bonchev–Trinajstić information content (AvgIpc) is 3.39. The molecule has 2 aromatic carbocycles. The van der Waals surface area contributed by atoms with Gasteiger partial charge in [0.05, 0.1) is 11.8 Å². The molecular formula is C33H33F3N6O3. The van der Waals surface area contributed by atoms with Crippen molar-refractivity contribution < 1.29 is 27.5 Å². The van der Waals surface area contributed by atoms with E-state index in [1.165, 1.54) is 12.1 Å². The van der Waals surface area contributed by atoms with Crippen molar-refractivity contribution in [2.24, 2.45) is 0 Å². The third-order valence-electron chi connectivity index (χ3n) is 7.19. The molecule has 5 rings (SSSR count). The molecule has 1 saturated heterocycles. The van der Waals surface area contributed by atoms with Crippen LogP contribution in [0.2, 0.25) is 0 Å². The number of alkyl halides is 3. The molecule has 12 heteroatoms. The van der Waals surface area contributed by atoms with Gasteiger partial charge in [-0.15, -0.1) is 0 Å². The van der Waals surface area contributed by atoms with Gasteiger partial charge in [-0.3, -0.25) is 9.69 Å². The first-order valence-electron chi connectivity index (χ1n) is 14.4. The number of hydrogen-bond acceptors (Lipinski definition) is 6. The highest BCUT2D eigenvalue weighted by Gasteiger charge is 2.35. The van der Waals surface area contributed by atoms with Gasteiger partial charge < -0.3 is 15.0 Å². The van der Waals surface area contributed by atoms with Crippen molar-refractivity contribution in [3.63, 3.8) is 0 Å². The molecule has 0 bridgehead atoms. The first kappa shape index (κ1) is 31.5. The zero-order valence-corrected chi connectivity index (χ0v) is 25.4. The van der Waals surface area contributed by atoms with E-state index in [9.17, 15) is 22.8 Å². The molecule has 0 atom stereocenters. The molecule has 0 saturated carbocycles. The van der Waals surface area contributed by atoms with Crippen molar-refractivity contribution in [1.82, 2.24) is 24.4 Å². The van der Waals surface area contributed by atoms with Crippen LogP contribution in [0.15, 0.2) is 60.9 Å². The molecule has 2 aromatic heterocycles. The van der Waals surface area contributed by atoms with E-state index in [1.54, 1.807) is 72.9 Å². The Labute approximate surface area is 259 Å². The summed E-state index contributed by atoms with van der Waals surface area (Å²) < 4.78 is 49.4. The van der Waals surface area contributed by atoms with Crippen LogP contribution in [-0.2, 0) is 17.5 Å². The number of rotatable bonds is 4. The number of nitrogens with zero attached hydrogens (tertiary/aromatic N) is 5. The standard InChI is InChI=1S/C33H33F3N6O3/c1-22-7-8-24(18-23(22)10-12-27-20-37-29-6-5-13-38-42(27)29)30(43)39-26-11-9-25(28(19-26)33(34,35)36)21-40-14-16-41(17-15-40)31(44)45-32(2,3)4/h5-9,11,13,18-20H,14-17,21H2,1-4H3,(H,39,43). The van der Waals surface area contributed by atoms with Crippen molar-refractivity contribution in [2.75, 3.05) is 31.5 Å². The number of halogens is 3. The van der Waals surface area contributed by atoms with E-state index in [0.29, 0.717) is 43.1 Å². The van der Waals surface area contributed by atoms with Gasteiger partial charge in [0, 0.05) is 55.7 Å². The topological polar surface area (TPSA) is 92.1 Å². The highest BCUT2D eigenvalue weighted by atomic mass is 19.4. The van der Waals surface area contributed by atoms with E-state index >= 15 is 0 Å². The molecule has 4 aromatic rings. The van der Waals surface area contributed by atoms with Gasteiger partial charge in [-0.2, -0.15) is 18.3 Å². The molecule has 0 unspecified atom stereocenters. The number of anilines is 1. The minimum Gasteiger partial charge on any atom is -0.444 e. The molecule has 3 heterocycles. The van der Waals surface area contributed by atoms with E-state index in [2.05, 4.69) is 27.2 Å². The third-order valence-corrected chi connectivity index (χ3v) is 7.19. The molecular weight excluding hydrogens is 585 g/mol. The molecule has 0 aliphatic carbocycles. The number of carbonyl (C=O) groups is 2. The lowest BCUT2D eigenvalue weighted by atomic mass is 10.0. The van der Waals surface area contributed by atoms with Crippen LogP contribution < -0.4 is 5.32 Å². The number of piperazine rings is 1. The summed E-state index contributed by atoms with van der Waals surface area (Å²) in [7, 11) is 0. The lowest BCUT2D eigenvalue weighted by Crippen LogP contribution is -2.49. The molecule has 45 heavy (non-hydrogen) atoms. The predicted octanol–water partition coefficient (Wildman–Crippen LogP) is 5.76. The summed E-state index contributed by atoms with van der Waals surface area (Å²) in [6, 6.07) is 12.3. The second-order valence-corrected chi connectivity index (χ2v) is 11.8. The minimum absolute atomic E-state index is 0.0239. The van der Waals surface area contributed by atoms with Gasteiger partial charge in [0.1, 0.15) is 11.3 Å². The van der Waals surface area contributed by atoms with Crippen LogP contribution in [0.4, 0.5) is 23.7 Å². The number of nitrogens with one attached hydrogen (secondary N) is 1. The van der Waals surface area contributed by atoms with E-state index in [4.69, 9.17) is 4.74 Å². The van der Waals surface area contributed by atoms with Crippen molar-refractivity contribution >= 4 is 23.3 Å². The number of hydrogen-bond donors (Lipinski definition) is 1. The number of aromatic nitrogens is 3. The molecule has 9 nitrogen and oxygen atoms in total. The van der Waals surface area contributed by atoms with Crippen molar-refractivity contribution in [2.45, 2.75) is 46.0 Å². The van der Waals surface area contributed by atoms with E-state index in [1.807, 2.05) is 11.8 Å². The summed E-state index contributed by atoms with van der Waals surface area (Å²) in [6.45, 7) is 8.75. The first-order chi connectivity index (χ1) is 21.3. The number of fused-ring (bicyclic) bond motifs is 1. The van der Waals surface area contributed by atoms with Crippen molar-refractivity contribution in [1.29, 1.82) is 0 Å². The summed E-state index contributed by atoms with van der Waals surface area (Å²) in [6.07, 6.45) is -1.84. The Morgan fingerprint density at radius 2 is 1.76 bits per heavy atom. The minimum atomic E-state index is -4.63. The second-order valence-electron chi connectivity index (χ2n) is 11.8. The maximum absolute atomic E-state index is 14.1. The van der Waals surface area contributed by atoms with Crippen LogP contribution in [0.25, 0.3) is 5.65 Å². The van der Waals surface area contributed by atoms with Crippen LogP contribution >= 0.6 is 0 Å². The number of carbonyl (C=O) groups excluding carboxylic acids is 2. The number of amides is 2. The van der Waals surface area contributed by atoms with Crippen LogP contribution in [0, 0.1) is 18.8 Å². The van der Waals surface area contributed by atoms with Crippen LogP contribution in [-0.4, -0.2) is 68.2 Å². The van der Waals surface area contributed by atoms with Gasteiger partial charge in [0.15, 0.2) is 5.65 Å². The quantitative estimate of drug-likeness (QED) is 0.293. The Morgan fingerprint density at radius 3 is 2.47 bits per heavy atom. The summed E-state index contributed by atoms with van der Waals surface area (Å²) in [5.74, 6) is 5.51. The van der Waals surface area contributed by atoms with E-state index < -0.39 is 29.3 Å². The van der Waals surface area contributed by atoms with Crippen LogP contribution in [0.1, 0.15) is 59.1 Å². The van der Waals surface area contributed by atoms with Gasteiger partial charge in [0.25, 0.3) is 5.91 Å². The number of aryl methyl sites for hydroxylation is 1. The average molecular weight is 619 g/mol. The molecule has 1 aliphatic rings. The molecule has 0 radical (unpaired) electrons. The highest BCUT2D eigenvalue weighted by Crippen LogP contribution is 2.35. The Bertz CT molecular complexity index is 1790. The third kappa shape index (κ3) is 7.80. The van der Waals surface area contributed by atoms with Crippen LogP contribution in [0.5, 0.6) is 0 Å². The van der Waals surface area contributed by atoms with Crippen molar-refractivity contribution in [3.8, 4) is 11.8 Å². The summed E-state index contributed by atoms with van der Waals surface area (Å²) in [5.41, 5.74) is 1.55. The largest absolute Gasteiger partial charge is 0.444 e. The highest BCUT2D eigenvalue weighted by molar-refractivity contribution is 6.04. The molecule has 1 aliphatic heterocycles. The van der Waals surface area contributed by atoms with Crippen molar-refractivity contribution in [3.05, 3.63) is 94.4 Å². The monoisotopic (exact) mass is 618 g/mol. The number of imidazole rings is 1. The molecule has 1 N–H and O–H groups in total. The Morgan fingerprint density at radius 1 is 1.00 bits per heavy atom. The van der Waals surface area contributed by atoms with Gasteiger partial charge in [-0.05, 0) is 81.1 Å². The molecule has 2 amide bonds. The SMILES string of the molecule is Cc1ccc(C(=O)Nc2ccc(CN3CCN(C(=O)OC(C)(C)C)CC3)c(C(F)(F)F)c2)cc1C#Cc1cnc2cccnn12. The van der Waals surface area contributed by atoms with Gasteiger partial charge in [0.2, 0.25) is 0 Å². The summed E-state index contributed by atoms with van der Waals surface area (Å²) in [5, 5.41) is 6.83. The zero-order chi connectivity index (χ0) is 32.4. The maximum atomic E-state index is 14.1. The fourth-order valence-electron chi connectivity index (χ4n) is 4.86. The molecule has 0 spiro atoms. The maximum Gasteiger partial charge on any atom is 0.416 e. The number of benzene rings is 2. The lowest BCUT2D eigenvalue weighted by molar-refractivity contribution is -0.138. The second kappa shape index (κ2) is 12.6. The van der Waals surface area contributed by atoms with E-state index in [0.717, 1.165) is 11.6 Å². The molecule has 234 valence electrons. The van der Waals surface area contributed by atoms with Gasteiger partial charge in [-0.25, -0.2) is 14.3 Å². The Hall–Kier alpha value is -4.89.